The number of aliphatic imine (C=N–C) groups is 1. The summed E-state index contributed by atoms with van der Waals surface area (Å²) in [6.45, 7) is 7.97. The lowest BCUT2D eigenvalue weighted by Crippen LogP contribution is -2.48. The van der Waals surface area contributed by atoms with Gasteiger partial charge in [0.1, 0.15) is 0 Å². The Morgan fingerprint density at radius 3 is 2.57 bits per heavy atom. The summed E-state index contributed by atoms with van der Waals surface area (Å²) in [6.07, 6.45) is 2.59. The fraction of sp³-hybridized carbons (Fsp3) is 0.857. The van der Waals surface area contributed by atoms with Crippen LogP contribution in [0, 0.1) is 5.41 Å². The Labute approximate surface area is 149 Å². The number of guanidine groups is 1. The van der Waals surface area contributed by atoms with Gasteiger partial charge in [-0.15, -0.1) is 24.0 Å². The molecule has 1 aliphatic rings. The molecular formula is C14H29IN4OS. The van der Waals surface area contributed by atoms with Crippen molar-refractivity contribution in [2.75, 3.05) is 32.4 Å². The standard InChI is InChI=1S/C14H28N4OS.HI/c1-5-16-12(19)14(2,3)10-18-13(15-4)17-9-11-7-6-8-20-11;/h11H,5-10H2,1-4H3,(H,16,19)(H2,15,17,18);1H. The van der Waals surface area contributed by atoms with Crippen LogP contribution in [0.3, 0.4) is 0 Å². The first-order valence-corrected chi connectivity index (χ1v) is 8.39. The van der Waals surface area contributed by atoms with Crippen LogP contribution >= 0.6 is 35.7 Å². The quantitative estimate of drug-likeness (QED) is 0.343. The zero-order valence-corrected chi connectivity index (χ0v) is 16.6. The molecule has 1 aliphatic heterocycles. The van der Waals surface area contributed by atoms with Crippen LogP contribution in [0.25, 0.3) is 0 Å². The Morgan fingerprint density at radius 1 is 1.33 bits per heavy atom. The van der Waals surface area contributed by atoms with E-state index in [2.05, 4.69) is 20.9 Å². The molecule has 7 heteroatoms. The normalized spacial score (nSPS) is 18.9. The van der Waals surface area contributed by atoms with Crippen LogP contribution in [0.4, 0.5) is 0 Å². The largest absolute Gasteiger partial charge is 0.356 e. The fourth-order valence-electron chi connectivity index (χ4n) is 2.02. The molecule has 0 radical (unpaired) electrons. The van der Waals surface area contributed by atoms with E-state index in [0.717, 1.165) is 12.5 Å². The highest BCUT2D eigenvalue weighted by Gasteiger charge is 2.27. The van der Waals surface area contributed by atoms with E-state index in [1.165, 1.54) is 18.6 Å². The summed E-state index contributed by atoms with van der Waals surface area (Å²) >= 11 is 2.02. The van der Waals surface area contributed by atoms with E-state index in [9.17, 15) is 4.79 Å². The van der Waals surface area contributed by atoms with Crippen LogP contribution in [0.1, 0.15) is 33.6 Å². The lowest BCUT2D eigenvalue weighted by Gasteiger charge is -2.25. The number of hydrogen-bond acceptors (Lipinski definition) is 3. The van der Waals surface area contributed by atoms with Gasteiger partial charge in [-0.2, -0.15) is 11.8 Å². The van der Waals surface area contributed by atoms with E-state index in [1.54, 1.807) is 7.05 Å². The first-order valence-electron chi connectivity index (χ1n) is 7.34. The summed E-state index contributed by atoms with van der Waals surface area (Å²) in [6, 6.07) is 0. The monoisotopic (exact) mass is 428 g/mol. The molecule has 0 aliphatic carbocycles. The smallest absolute Gasteiger partial charge is 0.227 e. The van der Waals surface area contributed by atoms with Crippen molar-refractivity contribution in [3.63, 3.8) is 0 Å². The Balaban J connectivity index is 0.00000400. The Morgan fingerprint density at radius 2 is 2.05 bits per heavy atom. The molecule has 0 aromatic carbocycles. The van der Waals surface area contributed by atoms with Crippen molar-refractivity contribution < 1.29 is 4.79 Å². The van der Waals surface area contributed by atoms with Crippen LogP contribution in [0.5, 0.6) is 0 Å². The van der Waals surface area contributed by atoms with Crippen molar-refractivity contribution in [2.45, 2.75) is 38.9 Å². The van der Waals surface area contributed by atoms with Gasteiger partial charge in [0.05, 0.1) is 5.41 Å². The van der Waals surface area contributed by atoms with E-state index in [4.69, 9.17) is 0 Å². The van der Waals surface area contributed by atoms with Gasteiger partial charge in [-0.25, -0.2) is 0 Å². The molecule has 1 heterocycles. The number of hydrogen-bond donors (Lipinski definition) is 3. The van der Waals surface area contributed by atoms with Crippen molar-refractivity contribution in [2.24, 2.45) is 10.4 Å². The van der Waals surface area contributed by atoms with E-state index < -0.39 is 5.41 Å². The zero-order valence-electron chi connectivity index (χ0n) is 13.5. The van der Waals surface area contributed by atoms with Gasteiger partial charge in [-0.3, -0.25) is 9.79 Å². The second kappa shape index (κ2) is 10.5. The van der Waals surface area contributed by atoms with Crippen LogP contribution in [0.15, 0.2) is 4.99 Å². The summed E-state index contributed by atoms with van der Waals surface area (Å²) in [5.74, 6) is 2.10. The highest BCUT2D eigenvalue weighted by atomic mass is 127. The lowest BCUT2D eigenvalue weighted by atomic mass is 9.92. The molecule has 3 N–H and O–H groups in total. The number of nitrogens with one attached hydrogen (secondary N) is 3. The number of carbonyl (C=O) groups excluding carboxylic acids is 1. The van der Waals surface area contributed by atoms with Gasteiger partial charge in [0.25, 0.3) is 0 Å². The maximum Gasteiger partial charge on any atom is 0.227 e. The first kappa shape index (κ1) is 20.8. The second-order valence-electron chi connectivity index (χ2n) is 5.69. The average molecular weight is 428 g/mol. The van der Waals surface area contributed by atoms with Gasteiger partial charge >= 0.3 is 0 Å². The third-order valence-corrected chi connectivity index (χ3v) is 4.79. The number of rotatable bonds is 6. The predicted octanol–water partition coefficient (Wildman–Crippen LogP) is 1.83. The number of carbonyl (C=O) groups is 1. The minimum atomic E-state index is -0.449. The Kier molecular flexibility index (Phi) is 10.4. The molecule has 1 amide bonds. The van der Waals surface area contributed by atoms with Gasteiger partial charge in [0.15, 0.2) is 5.96 Å². The minimum absolute atomic E-state index is 0. The lowest BCUT2D eigenvalue weighted by molar-refractivity contribution is -0.128. The van der Waals surface area contributed by atoms with Crippen molar-refractivity contribution in [1.82, 2.24) is 16.0 Å². The zero-order chi connectivity index (χ0) is 15.0. The predicted molar refractivity (Wildman–Crippen MR) is 103 cm³/mol. The third-order valence-electron chi connectivity index (χ3n) is 3.39. The number of thioether (sulfide) groups is 1. The third kappa shape index (κ3) is 7.58. The van der Waals surface area contributed by atoms with E-state index in [1.807, 2.05) is 32.5 Å². The highest BCUT2D eigenvalue weighted by molar-refractivity contribution is 14.0. The summed E-state index contributed by atoms with van der Waals surface area (Å²) in [5, 5.41) is 10.1. The molecule has 1 unspecified atom stereocenters. The molecule has 0 aromatic heterocycles. The van der Waals surface area contributed by atoms with E-state index >= 15 is 0 Å². The summed E-state index contributed by atoms with van der Waals surface area (Å²) in [5.41, 5.74) is -0.449. The molecule has 1 rings (SSSR count). The summed E-state index contributed by atoms with van der Waals surface area (Å²) in [4.78, 5) is 16.1. The molecule has 0 aromatic rings. The number of amides is 1. The molecule has 1 fully saturated rings. The molecule has 21 heavy (non-hydrogen) atoms. The van der Waals surface area contributed by atoms with Crippen LogP contribution in [-0.2, 0) is 4.79 Å². The Hall–Kier alpha value is -0.180. The van der Waals surface area contributed by atoms with E-state index in [0.29, 0.717) is 18.3 Å². The fourth-order valence-corrected chi connectivity index (χ4v) is 3.22. The molecule has 1 atom stereocenters. The molecular weight excluding hydrogens is 399 g/mol. The molecule has 124 valence electrons. The topological polar surface area (TPSA) is 65.5 Å². The van der Waals surface area contributed by atoms with Gasteiger partial charge in [-0.05, 0) is 39.4 Å². The molecule has 0 saturated carbocycles. The number of halogens is 1. The molecule has 0 spiro atoms. The highest BCUT2D eigenvalue weighted by Crippen LogP contribution is 2.25. The van der Waals surface area contributed by atoms with Gasteiger partial charge in [0, 0.05) is 31.9 Å². The minimum Gasteiger partial charge on any atom is -0.356 e. The van der Waals surface area contributed by atoms with Crippen molar-refractivity contribution in [3.05, 3.63) is 0 Å². The maximum atomic E-state index is 11.9. The number of nitrogens with zero attached hydrogens (tertiary/aromatic N) is 1. The van der Waals surface area contributed by atoms with Crippen molar-refractivity contribution in [3.8, 4) is 0 Å². The Bertz CT molecular complexity index is 344. The molecule has 0 bridgehead atoms. The van der Waals surface area contributed by atoms with Crippen LogP contribution < -0.4 is 16.0 Å². The summed E-state index contributed by atoms with van der Waals surface area (Å²) in [7, 11) is 1.76. The van der Waals surface area contributed by atoms with Crippen molar-refractivity contribution in [1.29, 1.82) is 0 Å². The van der Waals surface area contributed by atoms with Gasteiger partial charge < -0.3 is 16.0 Å². The molecule has 5 nitrogen and oxygen atoms in total. The van der Waals surface area contributed by atoms with Gasteiger partial charge in [0.2, 0.25) is 5.91 Å². The van der Waals surface area contributed by atoms with Gasteiger partial charge in [-0.1, -0.05) is 0 Å². The van der Waals surface area contributed by atoms with Crippen LogP contribution in [0.2, 0.25) is 0 Å². The van der Waals surface area contributed by atoms with Crippen LogP contribution in [-0.4, -0.2) is 49.6 Å². The second-order valence-corrected chi connectivity index (χ2v) is 7.09. The summed E-state index contributed by atoms with van der Waals surface area (Å²) < 4.78 is 0. The SMILES string of the molecule is CCNC(=O)C(C)(C)CNC(=NC)NCC1CCCS1.I. The van der Waals surface area contributed by atoms with Crippen molar-refractivity contribution >= 4 is 47.6 Å². The first-order chi connectivity index (χ1) is 9.49. The maximum absolute atomic E-state index is 11.9. The molecule has 1 saturated heterocycles. The van der Waals surface area contributed by atoms with E-state index in [-0.39, 0.29) is 29.9 Å². The average Bonchev–Trinajstić information content (AvgIpc) is 2.92.